The van der Waals surface area contributed by atoms with E-state index in [-0.39, 0.29) is 12.0 Å². The summed E-state index contributed by atoms with van der Waals surface area (Å²) in [7, 11) is 0. The Morgan fingerprint density at radius 2 is 2.17 bits per heavy atom. The van der Waals surface area contributed by atoms with E-state index in [4.69, 9.17) is 16.2 Å². The zero-order valence-electron chi connectivity index (χ0n) is 10.9. The first-order valence-electron chi connectivity index (χ1n) is 6.07. The third kappa shape index (κ3) is 4.95. The maximum Gasteiger partial charge on any atom is 0.217 e. The predicted molar refractivity (Wildman–Crippen MR) is 73.5 cm³/mol. The van der Waals surface area contributed by atoms with Gasteiger partial charge in [0.15, 0.2) is 0 Å². The molecule has 1 aromatic rings. The highest BCUT2D eigenvalue weighted by atomic mass is 16.5. The number of nitrogens with two attached hydrogens (primary N) is 2. The van der Waals surface area contributed by atoms with Crippen molar-refractivity contribution >= 4 is 17.3 Å². The molecule has 5 nitrogen and oxygen atoms in total. The zero-order valence-corrected chi connectivity index (χ0v) is 10.9. The second-order valence-corrected chi connectivity index (χ2v) is 4.42. The fourth-order valence-electron chi connectivity index (χ4n) is 1.50. The molecule has 100 valence electrons. The van der Waals surface area contributed by atoms with Crippen LogP contribution in [0.4, 0.5) is 11.4 Å². The van der Waals surface area contributed by atoms with Gasteiger partial charge < -0.3 is 21.5 Å². The third-order valence-corrected chi connectivity index (χ3v) is 2.31. The normalized spacial score (nSPS) is 10.4. The van der Waals surface area contributed by atoms with E-state index >= 15 is 0 Å². The Morgan fingerprint density at radius 1 is 1.44 bits per heavy atom. The SMILES string of the molecule is CC(C)Oc1cc(NCCCC(N)=O)ccc1N. The van der Waals surface area contributed by atoms with Crippen LogP contribution in [-0.4, -0.2) is 18.6 Å². The molecule has 0 saturated heterocycles. The molecule has 0 bridgehead atoms. The minimum absolute atomic E-state index is 0.0809. The average Bonchev–Trinajstić information content (AvgIpc) is 2.27. The van der Waals surface area contributed by atoms with E-state index in [1.165, 1.54) is 0 Å². The monoisotopic (exact) mass is 251 g/mol. The van der Waals surface area contributed by atoms with Gasteiger partial charge in [-0.05, 0) is 32.4 Å². The van der Waals surface area contributed by atoms with Crippen LogP contribution in [0, 0.1) is 0 Å². The van der Waals surface area contributed by atoms with Crippen molar-refractivity contribution < 1.29 is 9.53 Å². The fourth-order valence-corrected chi connectivity index (χ4v) is 1.50. The van der Waals surface area contributed by atoms with Gasteiger partial charge in [0.05, 0.1) is 11.8 Å². The van der Waals surface area contributed by atoms with Crippen LogP contribution >= 0.6 is 0 Å². The molecule has 5 N–H and O–H groups in total. The number of nitrogen functional groups attached to an aromatic ring is 1. The van der Waals surface area contributed by atoms with Gasteiger partial charge in [0.25, 0.3) is 0 Å². The number of hydrogen-bond acceptors (Lipinski definition) is 4. The highest BCUT2D eigenvalue weighted by Gasteiger charge is 2.04. The lowest BCUT2D eigenvalue weighted by Crippen LogP contribution is -2.13. The smallest absolute Gasteiger partial charge is 0.217 e. The molecule has 0 fully saturated rings. The summed E-state index contributed by atoms with van der Waals surface area (Å²) in [5, 5.41) is 3.20. The van der Waals surface area contributed by atoms with E-state index in [1.54, 1.807) is 6.07 Å². The van der Waals surface area contributed by atoms with Gasteiger partial charge in [0, 0.05) is 24.7 Å². The third-order valence-electron chi connectivity index (χ3n) is 2.31. The lowest BCUT2D eigenvalue weighted by molar-refractivity contribution is -0.118. The first kappa shape index (κ1) is 14.2. The van der Waals surface area contributed by atoms with Gasteiger partial charge >= 0.3 is 0 Å². The van der Waals surface area contributed by atoms with E-state index in [9.17, 15) is 4.79 Å². The van der Waals surface area contributed by atoms with Crippen LogP contribution in [0.15, 0.2) is 18.2 Å². The summed E-state index contributed by atoms with van der Waals surface area (Å²) >= 11 is 0. The van der Waals surface area contributed by atoms with Gasteiger partial charge in [-0.3, -0.25) is 4.79 Å². The van der Waals surface area contributed by atoms with Crippen molar-refractivity contribution in [3.8, 4) is 5.75 Å². The standard InChI is InChI=1S/C13H21N3O2/c1-9(2)18-12-8-10(5-6-11(12)14)16-7-3-4-13(15)17/h5-6,8-9,16H,3-4,7,14H2,1-2H3,(H2,15,17). The average molecular weight is 251 g/mol. The van der Waals surface area contributed by atoms with Crippen LogP contribution in [0.25, 0.3) is 0 Å². The Hall–Kier alpha value is -1.91. The summed E-state index contributed by atoms with van der Waals surface area (Å²) < 4.78 is 5.59. The van der Waals surface area contributed by atoms with E-state index in [1.807, 2.05) is 26.0 Å². The minimum atomic E-state index is -0.280. The summed E-state index contributed by atoms with van der Waals surface area (Å²) in [6.07, 6.45) is 1.18. The maximum absolute atomic E-state index is 10.6. The van der Waals surface area contributed by atoms with E-state index < -0.39 is 0 Å². The van der Waals surface area contributed by atoms with Gasteiger partial charge in [0.2, 0.25) is 5.91 Å². The van der Waals surface area contributed by atoms with Crippen LogP contribution in [0.1, 0.15) is 26.7 Å². The lowest BCUT2D eigenvalue weighted by Gasteiger charge is -2.14. The molecule has 0 heterocycles. The number of ether oxygens (including phenoxy) is 1. The Balaban J connectivity index is 2.53. The molecule has 0 radical (unpaired) electrons. The molecular formula is C13H21N3O2. The number of nitrogens with one attached hydrogen (secondary N) is 1. The van der Waals surface area contributed by atoms with E-state index in [0.717, 1.165) is 5.69 Å². The molecule has 0 spiro atoms. The molecule has 0 saturated carbocycles. The molecule has 0 aliphatic rings. The summed E-state index contributed by atoms with van der Waals surface area (Å²) in [6, 6.07) is 5.54. The molecule has 1 aromatic carbocycles. The summed E-state index contributed by atoms with van der Waals surface area (Å²) in [4.78, 5) is 10.6. The highest BCUT2D eigenvalue weighted by molar-refractivity contribution is 5.73. The van der Waals surface area contributed by atoms with Gasteiger partial charge in [-0.1, -0.05) is 0 Å². The largest absolute Gasteiger partial charge is 0.489 e. The van der Waals surface area contributed by atoms with Crippen molar-refractivity contribution in [3.05, 3.63) is 18.2 Å². The summed E-state index contributed by atoms with van der Waals surface area (Å²) in [5.41, 5.74) is 12.4. The summed E-state index contributed by atoms with van der Waals surface area (Å²) in [6.45, 7) is 4.59. The van der Waals surface area contributed by atoms with Gasteiger partial charge in [-0.25, -0.2) is 0 Å². The maximum atomic E-state index is 10.6. The van der Waals surface area contributed by atoms with E-state index in [2.05, 4.69) is 5.32 Å². The van der Waals surface area contributed by atoms with Crippen LogP contribution in [0.5, 0.6) is 5.75 Å². The first-order chi connectivity index (χ1) is 8.49. The molecule has 0 aromatic heterocycles. The van der Waals surface area contributed by atoms with Crippen molar-refractivity contribution in [1.29, 1.82) is 0 Å². The predicted octanol–water partition coefficient (Wildman–Crippen LogP) is 1.73. The zero-order chi connectivity index (χ0) is 13.5. The summed E-state index contributed by atoms with van der Waals surface area (Å²) in [5.74, 6) is 0.392. The fraction of sp³-hybridized carbons (Fsp3) is 0.462. The van der Waals surface area contributed by atoms with Gasteiger partial charge in [0.1, 0.15) is 5.75 Å². The number of hydrogen-bond donors (Lipinski definition) is 3. The Morgan fingerprint density at radius 3 is 2.78 bits per heavy atom. The lowest BCUT2D eigenvalue weighted by atomic mass is 10.2. The Bertz CT molecular complexity index is 405. The molecule has 5 heteroatoms. The molecule has 18 heavy (non-hydrogen) atoms. The number of rotatable bonds is 7. The molecular weight excluding hydrogens is 230 g/mol. The highest BCUT2D eigenvalue weighted by Crippen LogP contribution is 2.26. The van der Waals surface area contributed by atoms with Crippen molar-refractivity contribution in [2.24, 2.45) is 5.73 Å². The minimum Gasteiger partial charge on any atom is -0.489 e. The van der Waals surface area contributed by atoms with Crippen LogP contribution < -0.4 is 21.5 Å². The van der Waals surface area contributed by atoms with Crippen molar-refractivity contribution in [2.75, 3.05) is 17.6 Å². The van der Waals surface area contributed by atoms with Crippen LogP contribution in [-0.2, 0) is 4.79 Å². The molecule has 0 unspecified atom stereocenters. The number of anilines is 2. The second kappa shape index (κ2) is 6.74. The molecule has 0 aliphatic heterocycles. The van der Waals surface area contributed by atoms with Gasteiger partial charge in [-0.2, -0.15) is 0 Å². The number of carbonyl (C=O) groups excluding carboxylic acids is 1. The number of benzene rings is 1. The number of primary amides is 1. The van der Waals surface area contributed by atoms with E-state index in [0.29, 0.717) is 30.8 Å². The Kier molecular flexibility index (Phi) is 5.30. The van der Waals surface area contributed by atoms with Crippen molar-refractivity contribution in [1.82, 2.24) is 0 Å². The van der Waals surface area contributed by atoms with Crippen LogP contribution in [0.2, 0.25) is 0 Å². The second-order valence-electron chi connectivity index (χ2n) is 4.42. The number of amides is 1. The topological polar surface area (TPSA) is 90.4 Å². The molecule has 1 rings (SSSR count). The van der Waals surface area contributed by atoms with Crippen LogP contribution in [0.3, 0.4) is 0 Å². The Labute approximate surface area is 107 Å². The molecule has 0 aliphatic carbocycles. The first-order valence-corrected chi connectivity index (χ1v) is 6.07. The molecule has 1 amide bonds. The number of carbonyl (C=O) groups is 1. The van der Waals surface area contributed by atoms with Gasteiger partial charge in [-0.15, -0.1) is 0 Å². The molecule has 0 atom stereocenters. The quantitative estimate of drug-likeness (QED) is 0.508. The van der Waals surface area contributed by atoms with Crippen molar-refractivity contribution in [3.63, 3.8) is 0 Å². The van der Waals surface area contributed by atoms with Crippen molar-refractivity contribution in [2.45, 2.75) is 32.8 Å².